The lowest BCUT2D eigenvalue weighted by Crippen LogP contribution is -2.23. The lowest BCUT2D eigenvalue weighted by Gasteiger charge is -2.32. The Morgan fingerprint density at radius 3 is 2.50 bits per heavy atom. The molecule has 0 aromatic heterocycles. The van der Waals surface area contributed by atoms with E-state index < -0.39 is 0 Å². The molecular weight excluding hydrogens is 194 g/mol. The maximum Gasteiger partial charge on any atom is 0.0621 e. The van der Waals surface area contributed by atoms with Gasteiger partial charge in [0.25, 0.3) is 0 Å². The van der Waals surface area contributed by atoms with Crippen LogP contribution in [0.15, 0.2) is 0 Å². The molecule has 0 bridgehead atoms. The second-order valence-corrected chi connectivity index (χ2v) is 6.38. The summed E-state index contributed by atoms with van der Waals surface area (Å²) in [7, 11) is 0. The van der Waals surface area contributed by atoms with Crippen molar-refractivity contribution in [2.45, 2.75) is 66.2 Å². The minimum absolute atomic E-state index is 0.537. The lowest BCUT2D eigenvalue weighted by atomic mass is 9.74. The lowest BCUT2D eigenvalue weighted by molar-refractivity contribution is 0.179. The summed E-state index contributed by atoms with van der Waals surface area (Å²) in [5.74, 6) is 2.52. The SMILES string of the molecule is CC(CCC#N)CCC1CCC(C)C1(C)C. The molecule has 16 heavy (non-hydrogen) atoms. The highest BCUT2D eigenvalue weighted by Gasteiger charge is 2.39. The van der Waals surface area contributed by atoms with Crippen molar-refractivity contribution < 1.29 is 0 Å². The first-order valence-corrected chi connectivity index (χ1v) is 6.85. The molecule has 3 unspecified atom stereocenters. The van der Waals surface area contributed by atoms with Gasteiger partial charge in [-0.1, -0.05) is 34.1 Å². The quantitative estimate of drug-likeness (QED) is 0.655. The molecule has 1 aliphatic rings. The van der Waals surface area contributed by atoms with Gasteiger partial charge in [0.05, 0.1) is 6.07 Å². The molecule has 0 aromatic carbocycles. The summed E-state index contributed by atoms with van der Waals surface area (Å²) in [5.41, 5.74) is 0.537. The molecule has 0 aromatic rings. The first-order chi connectivity index (χ1) is 7.48. The van der Waals surface area contributed by atoms with E-state index in [1.54, 1.807) is 0 Å². The van der Waals surface area contributed by atoms with Gasteiger partial charge in [0, 0.05) is 6.42 Å². The zero-order valence-electron chi connectivity index (χ0n) is 11.4. The molecule has 1 heteroatoms. The number of nitrogens with zero attached hydrogens (tertiary/aromatic N) is 1. The predicted molar refractivity (Wildman–Crippen MR) is 68.9 cm³/mol. The van der Waals surface area contributed by atoms with E-state index in [9.17, 15) is 0 Å². The van der Waals surface area contributed by atoms with E-state index in [4.69, 9.17) is 5.26 Å². The Kier molecular flexibility index (Phi) is 4.84. The predicted octanol–water partition coefficient (Wildman–Crippen LogP) is 4.78. The van der Waals surface area contributed by atoms with Crippen LogP contribution in [0.1, 0.15) is 66.2 Å². The van der Waals surface area contributed by atoms with Gasteiger partial charge in [-0.3, -0.25) is 0 Å². The summed E-state index contributed by atoms with van der Waals surface area (Å²) in [6.45, 7) is 9.58. The van der Waals surface area contributed by atoms with E-state index in [0.29, 0.717) is 5.41 Å². The Balaban J connectivity index is 2.31. The van der Waals surface area contributed by atoms with Crippen molar-refractivity contribution in [3.8, 4) is 6.07 Å². The number of hydrogen-bond donors (Lipinski definition) is 0. The molecule has 1 saturated carbocycles. The monoisotopic (exact) mass is 221 g/mol. The standard InChI is InChI=1S/C15H27N/c1-12(6-5-11-16)7-9-14-10-8-13(2)15(14,3)4/h12-14H,5-10H2,1-4H3. The van der Waals surface area contributed by atoms with Gasteiger partial charge in [-0.05, 0) is 48.9 Å². The van der Waals surface area contributed by atoms with Crippen molar-refractivity contribution >= 4 is 0 Å². The van der Waals surface area contributed by atoms with Crippen LogP contribution < -0.4 is 0 Å². The normalized spacial score (nSPS) is 29.9. The average Bonchev–Trinajstić information content (AvgIpc) is 2.49. The van der Waals surface area contributed by atoms with Crippen LogP contribution in [0.2, 0.25) is 0 Å². The minimum Gasteiger partial charge on any atom is -0.198 e. The van der Waals surface area contributed by atoms with Gasteiger partial charge < -0.3 is 0 Å². The molecule has 3 atom stereocenters. The van der Waals surface area contributed by atoms with Crippen LogP contribution in [-0.4, -0.2) is 0 Å². The molecule has 92 valence electrons. The Morgan fingerprint density at radius 2 is 2.00 bits per heavy atom. The number of nitriles is 1. The van der Waals surface area contributed by atoms with Crippen molar-refractivity contribution in [2.75, 3.05) is 0 Å². The van der Waals surface area contributed by atoms with Crippen LogP contribution in [0.4, 0.5) is 0 Å². The van der Waals surface area contributed by atoms with E-state index >= 15 is 0 Å². The summed E-state index contributed by atoms with van der Waals surface area (Å²) < 4.78 is 0. The summed E-state index contributed by atoms with van der Waals surface area (Å²) in [5, 5.41) is 8.56. The van der Waals surface area contributed by atoms with Gasteiger partial charge in [-0.2, -0.15) is 5.26 Å². The van der Waals surface area contributed by atoms with E-state index in [0.717, 1.165) is 30.6 Å². The molecule has 0 heterocycles. The topological polar surface area (TPSA) is 23.8 Å². The van der Waals surface area contributed by atoms with Gasteiger partial charge >= 0.3 is 0 Å². The van der Waals surface area contributed by atoms with Crippen molar-refractivity contribution in [2.24, 2.45) is 23.2 Å². The molecule has 0 spiro atoms. The Hall–Kier alpha value is -0.510. The summed E-state index contributed by atoms with van der Waals surface area (Å²) in [6.07, 6.45) is 7.31. The first-order valence-electron chi connectivity index (χ1n) is 6.85. The van der Waals surface area contributed by atoms with Gasteiger partial charge in [-0.15, -0.1) is 0 Å². The smallest absolute Gasteiger partial charge is 0.0621 e. The maximum atomic E-state index is 8.56. The van der Waals surface area contributed by atoms with E-state index in [1.807, 2.05) is 0 Å². The Labute approximate surface area is 101 Å². The second-order valence-electron chi connectivity index (χ2n) is 6.38. The van der Waals surface area contributed by atoms with Gasteiger partial charge in [0.2, 0.25) is 0 Å². The Morgan fingerprint density at radius 1 is 1.31 bits per heavy atom. The molecule has 1 fully saturated rings. The molecule has 0 saturated heterocycles. The molecular formula is C15H27N. The van der Waals surface area contributed by atoms with Crippen molar-refractivity contribution in [3.05, 3.63) is 0 Å². The maximum absolute atomic E-state index is 8.56. The van der Waals surface area contributed by atoms with Crippen molar-refractivity contribution in [1.29, 1.82) is 5.26 Å². The Bertz CT molecular complexity index is 249. The van der Waals surface area contributed by atoms with Crippen LogP contribution in [0.3, 0.4) is 0 Å². The first kappa shape index (κ1) is 13.6. The fourth-order valence-electron chi connectivity index (χ4n) is 3.05. The number of hydrogen-bond acceptors (Lipinski definition) is 1. The van der Waals surface area contributed by atoms with Crippen LogP contribution >= 0.6 is 0 Å². The van der Waals surface area contributed by atoms with Crippen LogP contribution in [0, 0.1) is 34.5 Å². The van der Waals surface area contributed by atoms with Crippen LogP contribution in [0.25, 0.3) is 0 Å². The van der Waals surface area contributed by atoms with E-state index in [2.05, 4.69) is 33.8 Å². The molecule has 0 radical (unpaired) electrons. The molecule has 0 N–H and O–H groups in total. The third-order valence-electron chi connectivity index (χ3n) is 5.03. The molecule has 1 aliphatic carbocycles. The summed E-state index contributed by atoms with van der Waals surface area (Å²) in [6, 6.07) is 2.25. The fraction of sp³-hybridized carbons (Fsp3) is 0.933. The molecule has 1 nitrogen and oxygen atoms in total. The van der Waals surface area contributed by atoms with Crippen molar-refractivity contribution in [1.82, 2.24) is 0 Å². The highest BCUT2D eigenvalue weighted by molar-refractivity contribution is 4.89. The number of rotatable bonds is 5. The van der Waals surface area contributed by atoms with Gasteiger partial charge in [0.1, 0.15) is 0 Å². The summed E-state index contributed by atoms with van der Waals surface area (Å²) in [4.78, 5) is 0. The fourth-order valence-corrected chi connectivity index (χ4v) is 3.05. The largest absolute Gasteiger partial charge is 0.198 e. The molecule has 0 aliphatic heterocycles. The van der Waals surface area contributed by atoms with Crippen LogP contribution in [0.5, 0.6) is 0 Å². The third kappa shape index (κ3) is 3.24. The highest BCUT2D eigenvalue weighted by atomic mass is 14.4. The van der Waals surface area contributed by atoms with Crippen molar-refractivity contribution in [3.63, 3.8) is 0 Å². The average molecular weight is 221 g/mol. The third-order valence-corrected chi connectivity index (χ3v) is 5.03. The zero-order chi connectivity index (χ0) is 12.2. The van der Waals surface area contributed by atoms with E-state index in [-0.39, 0.29) is 0 Å². The van der Waals surface area contributed by atoms with Gasteiger partial charge in [-0.25, -0.2) is 0 Å². The molecule has 0 amide bonds. The zero-order valence-corrected chi connectivity index (χ0v) is 11.4. The van der Waals surface area contributed by atoms with E-state index in [1.165, 1.54) is 25.7 Å². The molecule has 1 rings (SSSR count). The second kappa shape index (κ2) is 5.71. The highest BCUT2D eigenvalue weighted by Crippen LogP contribution is 2.49. The summed E-state index contributed by atoms with van der Waals surface area (Å²) >= 11 is 0. The minimum atomic E-state index is 0.537. The van der Waals surface area contributed by atoms with Gasteiger partial charge in [0.15, 0.2) is 0 Å². The van der Waals surface area contributed by atoms with Crippen LogP contribution in [-0.2, 0) is 0 Å².